The number of carbonyl (C=O) groups excluding carboxylic acids is 1. The van der Waals surface area contributed by atoms with E-state index in [9.17, 15) is 4.79 Å². The molecule has 1 amide bonds. The highest BCUT2D eigenvalue weighted by Crippen LogP contribution is 2.33. The number of aromatic nitrogens is 5. The minimum Gasteiger partial charge on any atom is -0.361 e. The van der Waals surface area contributed by atoms with E-state index < -0.39 is 0 Å². The van der Waals surface area contributed by atoms with Gasteiger partial charge in [0.15, 0.2) is 0 Å². The van der Waals surface area contributed by atoms with E-state index in [2.05, 4.69) is 55.9 Å². The molecule has 0 spiro atoms. The Hall–Kier alpha value is -3.48. The lowest BCUT2D eigenvalue weighted by atomic mass is 10.1. The standard InChI is InChI=1S/C23H24N6O/c1-2-23(30)27-18-6-7-19(12-18)29-22(14-26-28-29)17-5-8-20(25-13-17)16-4-3-15-9-10-24-21(15)11-16/h3-5,8-11,13-14,18-19,24H,2,6-7,12H2,1H3,(H,27,30)/t18-,19+/m0/s1. The molecule has 1 saturated carbocycles. The van der Waals surface area contributed by atoms with Crippen LogP contribution >= 0.6 is 0 Å². The largest absolute Gasteiger partial charge is 0.361 e. The molecule has 4 aromatic rings. The number of hydrogen-bond donors (Lipinski definition) is 2. The molecule has 1 fully saturated rings. The van der Waals surface area contributed by atoms with Crippen LogP contribution in [0.4, 0.5) is 0 Å². The lowest BCUT2D eigenvalue weighted by Gasteiger charge is -2.15. The molecule has 0 aliphatic heterocycles. The molecule has 7 nitrogen and oxygen atoms in total. The van der Waals surface area contributed by atoms with Crippen molar-refractivity contribution in [1.82, 2.24) is 30.3 Å². The third-order valence-electron chi connectivity index (χ3n) is 5.92. The Labute approximate surface area is 174 Å². The zero-order valence-electron chi connectivity index (χ0n) is 16.9. The van der Waals surface area contributed by atoms with Gasteiger partial charge in [-0.05, 0) is 48.9 Å². The van der Waals surface area contributed by atoms with Gasteiger partial charge in [0, 0.05) is 41.5 Å². The molecule has 1 aromatic carbocycles. The van der Waals surface area contributed by atoms with Gasteiger partial charge >= 0.3 is 0 Å². The Morgan fingerprint density at radius 2 is 2.07 bits per heavy atom. The predicted molar refractivity (Wildman–Crippen MR) is 116 cm³/mol. The Morgan fingerprint density at radius 1 is 1.17 bits per heavy atom. The number of aromatic amines is 1. The molecule has 0 unspecified atom stereocenters. The number of H-pyrrole nitrogens is 1. The maximum atomic E-state index is 11.7. The van der Waals surface area contributed by atoms with Gasteiger partial charge in [-0.2, -0.15) is 0 Å². The van der Waals surface area contributed by atoms with E-state index in [1.807, 2.05) is 30.1 Å². The fourth-order valence-corrected chi connectivity index (χ4v) is 4.28. The van der Waals surface area contributed by atoms with E-state index in [-0.39, 0.29) is 18.0 Å². The molecule has 152 valence electrons. The zero-order chi connectivity index (χ0) is 20.5. The predicted octanol–water partition coefficient (Wildman–Crippen LogP) is 4.11. The Balaban J connectivity index is 1.36. The summed E-state index contributed by atoms with van der Waals surface area (Å²) in [6.07, 6.45) is 8.96. The van der Waals surface area contributed by atoms with Crippen LogP contribution in [-0.2, 0) is 4.79 Å². The number of amides is 1. The summed E-state index contributed by atoms with van der Waals surface area (Å²) in [4.78, 5) is 19.6. The van der Waals surface area contributed by atoms with Gasteiger partial charge in [0.1, 0.15) is 0 Å². The molecular weight excluding hydrogens is 376 g/mol. The zero-order valence-corrected chi connectivity index (χ0v) is 16.9. The lowest BCUT2D eigenvalue weighted by molar-refractivity contribution is -0.121. The van der Waals surface area contributed by atoms with Crippen molar-refractivity contribution >= 4 is 16.8 Å². The van der Waals surface area contributed by atoms with Gasteiger partial charge in [-0.3, -0.25) is 9.78 Å². The number of benzene rings is 1. The van der Waals surface area contributed by atoms with Crippen LogP contribution in [0.2, 0.25) is 0 Å². The summed E-state index contributed by atoms with van der Waals surface area (Å²) in [5.41, 5.74) is 5.06. The van der Waals surface area contributed by atoms with Crippen molar-refractivity contribution in [2.24, 2.45) is 0 Å². The van der Waals surface area contributed by atoms with Crippen molar-refractivity contribution < 1.29 is 4.79 Å². The second kappa shape index (κ2) is 7.74. The molecule has 1 aliphatic rings. The molecule has 3 heterocycles. The molecule has 5 rings (SSSR count). The smallest absolute Gasteiger partial charge is 0.219 e. The van der Waals surface area contributed by atoms with Crippen LogP contribution in [0.1, 0.15) is 38.6 Å². The molecule has 0 radical (unpaired) electrons. The van der Waals surface area contributed by atoms with Crippen LogP contribution in [0.25, 0.3) is 33.4 Å². The first-order valence-electron chi connectivity index (χ1n) is 10.4. The summed E-state index contributed by atoms with van der Waals surface area (Å²) < 4.78 is 1.99. The number of fused-ring (bicyclic) bond motifs is 1. The van der Waals surface area contributed by atoms with E-state index in [0.29, 0.717) is 6.42 Å². The van der Waals surface area contributed by atoms with E-state index in [1.165, 1.54) is 5.39 Å². The highest BCUT2D eigenvalue weighted by molar-refractivity contribution is 5.84. The fourth-order valence-electron chi connectivity index (χ4n) is 4.28. The number of rotatable bonds is 5. The highest BCUT2D eigenvalue weighted by Gasteiger charge is 2.29. The summed E-state index contributed by atoms with van der Waals surface area (Å²) in [6.45, 7) is 1.88. The molecule has 2 N–H and O–H groups in total. The van der Waals surface area contributed by atoms with Crippen molar-refractivity contribution in [2.75, 3.05) is 0 Å². The molecule has 7 heteroatoms. The topological polar surface area (TPSA) is 88.5 Å². The summed E-state index contributed by atoms with van der Waals surface area (Å²) in [6, 6.07) is 12.9. The second-order valence-electron chi connectivity index (χ2n) is 7.86. The van der Waals surface area contributed by atoms with Gasteiger partial charge in [0.05, 0.1) is 23.6 Å². The second-order valence-corrected chi connectivity index (χ2v) is 7.86. The number of nitrogens with one attached hydrogen (secondary N) is 2. The first-order valence-corrected chi connectivity index (χ1v) is 10.4. The van der Waals surface area contributed by atoms with Crippen LogP contribution in [0, 0.1) is 0 Å². The summed E-state index contributed by atoms with van der Waals surface area (Å²) in [5, 5.41) is 12.8. The van der Waals surface area contributed by atoms with Crippen LogP contribution in [0.5, 0.6) is 0 Å². The number of nitrogens with zero attached hydrogens (tertiary/aromatic N) is 4. The quantitative estimate of drug-likeness (QED) is 0.528. The Morgan fingerprint density at radius 3 is 2.90 bits per heavy atom. The van der Waals surface area contributed by atoms with E-state index in [0.717, 1.165) is 47.3 Å². The summed E-state index contributed by atoms with van der Waals surface area (Å²) in [5.74, 6) is 0.108. The molecule has 0 bridgehead atoms. The molecule has 30 heavy (non-hydrogen) atoms. The molecule has 1 aliphatic carbocycles. The third kappa shape index (κ3) is 3.47. The fraction of sp³-hybridized carbons (Fsp3) is 0.304. The maximum absolute atomic E-state index is 11.7. The normalized spacial score (nSPS) is 18.7. The van der Waals surface area contributed by atoms with Gasteiger partial charge < -0.3 is 10.3 Å². The minimum atomic E-state index is 0.108. The molecule has 3 aromatic heterocycles. The molecular formula is C23H24N6O. The SMILES string of the molecule is CCC(=O)N[C@H]1CC[C@@H](n2nncc2-c2ccc(-c3ccc4cc[nH]c4c3)nc2)C1. The summed E-state index contributed by atoms with van der Waals surface area (Å²) in [7, 11) is 0. The van der Waals surface area contributed by atoms with E-state index in [1.54, 1.807) is 6.20 Å². The van der Waals surface area contributed by atoms with Crippen molar-refractivity contribution in [2.45, 2.75) is 44.7 Å². The van der Waals surface area contributed by atoms with Crippen molar-refractivity contribution in [3.05, 3.63) is 55.0 Å². The third-order valence-corrected chi connectivity index (χ3v) is 5.92. The number of carbonyl (C=O) groups is 1. The van der Waals surface area contributed by atoms with Crippen LogP contribution < -0.4 is 5.32 Å². The van der Waals surface area contributed by atoms with Gasteiger partial charge in [0.2, 0.25) is 5.91 Å². The number of pyridine rings is 1. The Bertz CT molecular complexity index is 1180. The van der Waals surface area contributed by atoms with Crippen LogP contribution in [-0.4, -0.2) is 36.9 Å². The van der Waals surface area contributed by atoms with Crippen LogP contribution in [0.15, 0.2) is 55.0 Å². The monoisotopic (exact) mass is 400 g/mol. The maximum Gasteiger partial charge on any atom is 0.219 e. The highest BCUT2D eigenvalue weighted by atomic mass is 16.1. The Kier molecular flexibility index (Phi) is 4.78. The van der Waals surface area contributed by atoms with Crippen molar-refractivity contribution in [1.29, 1.82) is 0 Å². The summed E-state index contributed by atoms with van der Waals surface area (Å²) >= 11 is 0. The van der Waals surface area contributed by atoms with Crippen LogP contribution in [0.3, 0.4) is 0 Å². The van der Waals surface area contributed by atoms with Gasteiger partial charge in [-0.15, -0.1) is 5.10 Å². The van der Waals surface area contributed by atoms with E-state index >= 15 is 0 Å². The van der Waals surface area contributed by atoms with Crippen molar-refractivity contribution in [3.63, 3.8) is 0 Å². The van der Waals surface area contributed by atoms with E-state index in [4.69, 9.17) is 0 Å². The first kappa shape index (κ1) is 18.5. The first-order chi connectivity index (χ1) is 14.7. The van der Waals surface area contributed by atoms with Gasteiger partial charge in [0.25, 0.3) is 0 Å². The molecule has 0 saturated heterocycles. The van der Waals surface area contributed by atoms with Gasteiger partial charge in [-0.25, -0.2) is 4.68 Å². The average molecular weight is 400 g/mol. The molecule has 2 atom stereocenters. The van der Waals surface area contributed by atoms with Gasteiger partial charge in [-0.1, -0.05) is 24.3 Å². The number of hydrogen-bond acceptors (Lipinski definition) is 4. The lowest BCUT2D eigenvalue weighted by Crippen LogP contribution is -2.32. The van der Waals surface area contributed by atoms with Crippen molar-refractivity contribution in [3.8, 4) is 22.5 Å². The average Bonchev–Trinajstić information content (AvgIpc) is 3.53. The minimum absolute atomic E-state index is 0.108.